The van der Waals surface area contributed by atoms with Crippen molar-refractivity contribution < 1.29 is 22.7 Å². The molecule has 2 aliphatic rings. The molecule has 0 unspecified atom stereocenters. The molecule has 1 amide bonds. The standard InChI is InChI=1S/C22H30F3N3O2/c1-3-17-16(2)7-6-9-19(17)28-13-11-27(12-14-28)15-21(29)26-18-8-4-5-10-20(18)30-22(23,24)25/h6-7,9H,3-5,8,10-15H2,1-2H3,(H,26,29). The maximum absolute atomic E-state index is 12.6. The summed E-state index contributed by atoms with van der Waals surface area (Å²) in [7, 11) is 0. The predicted molar refractivity (Wildman–Crippen MR) is 110 cm³/mol. The van der Waals surface area contributed by atoms with Crippen LogP contribution < -0.4 is 10.2 Å². The van der Waals surface area contributed by atoms with Gasteiger partial charge in [-0.1, -0.05) is 19.1 Å². The van der Waals surface area contributed by atoms with Crippen LogP contribution in [0.4, 0.5) is 18.9 Å². The van der Waals surface area contributed by atoms with E-state index < -0.39 is 6.36 Å². The van der Waals surface area contributed by atoms with E-state index in [2.05, 4.69) is 47.0 Å². The Morgan fingerprint density at radius 2 is 1.83 bits per heavy atom. The number of anilines is 1. The van der Waals surface area contributed by atoms with Gasteiger partial charge in [0.2, 0.25) is 5.91 Å². The van der Waals surface area contributed by atoms with Gasteiger partial charge in [0, 0.05) is 38.3 Å². The number of benzene rings is 1. The number of amides is 1. The second-order valence-electron chi connectivity index (χ2n) is 7.89. The zero-order valence-corrected chi connectivity index (χ0v) is 17.6. The van der Waals surface area contributed by atoms with E-state index in [-0.39, 0.29) is 30.3 Å². The summed E-state index contributed by atoms with van der Waals surface area (Å²) in [6, 6.07) is 6.34. The number of halogens is 3. The first-order chi connectivity index (χ1) is 14.3. The Morgan fingerprint density at radius 1 is 1.13 bits per heavy atom. The van der Waals surface area contributed by atoms with E-state index in [1.807, 2.05) is 4.90 Å². The second kappa shape index (κ2) is 9.73. The van der Waals surface area contributed by atoms with Gasteiger partial charge in [-0.15, -0.1) is 13.2 Å². The number of ether oxygens (including phenoxy) is 1. The summed E-state index contributed by atoms with van der Waals surface area (Å²) in [6.07, 6.45) is -1.78. The Morgan fingerprint density at radius 3 is 2.50 bits per heavy atom. The minimum absolute atomic E-state index is 0.154. The fourth-order valence-electron chi connectivity index (χ4n) is 4.26. The molecule has 8 heteroatoms. The van der Waals surface area contributed by atoms with Gasteiger partial charge in [0.15, 0.2) is 0 Å². The lowest BCUT2D eigenvalue weighted by molar-refractivity contribution is -0.307. The van der Waals surface area contributed by atoms with Crippen LogP contribution >= 0.6 is 0 Å². The van der Waals surface area contributed by atoms with E-state index in [4.69, 9.17) is 0 Å². The number of piperazine rings is 1. The lowest BCUT2D eigenvalue weighted by Gasteiger charge is -2.37. The van der Waals surface area contributed by atoms with E-state index in [0.29, 0.717) is 12.8 Å². The average molecular weight is 425 g/mol. The van der Waals surface area contributed by atoms with E-state index in [1.165, 1.54) is 16.8 Å². The van der Waals surface area contributed by atoms with Crippen molar-refractivity contribution in [3.63, 3.8) is 0 Å². The van der Waals surface area contributed by atoms with Crippen LogP contribution in [0, 0.1) is 6.92 Å². The van der Waals surface area contributed by atoms with Crippen LogP contribution in [0.2, 0.25) is 0 Å². The highest BCUT2D eigenvalue weighted by Gasteiger charge is 2.34. The summed E-state index contributed by atoms with van der Waals surface area (Å²) in [4.78, 5) is 16.8. The number of hydrogen-bond donors (Lipinski definition) is 1. The van der Waals surface area contributed by atoms with Crippen LogP contribution in [0.1, 0.15) is 43.7 Å². The van der Waals surface area contributed by atoms with E-state index in [9.17, 15) is 18.0 Å². The van der Waals surface area contributed by atoms with Crippen LogP contribution in [-0.4, -0.2) is 49.9 Å². The van der Waals surface area contributed by atoms with Crippen LogP contribution in [0.15, 0.2) is 29.7 Å². The van der Waals surface area contributed by atoms with E-state index in [1.54, 1.807) is 0 Å². The van der Waals surface area contributed by atoms with Crippen molar-refractivity contribution in [3.05, 3.63) is 40.8 Å². The third kappa shape index (κ3) is 5.90. The predicted octanol–water partition coefficient (Wildman–Crippen LogP) is 4.12. The quantitative estimate of drug-likeness (QED) is 0.745. The SMILES string of the molecule is CCc1c(C)cccc1N1CCN(CC(=O)NC2=C(OC(F)(F)F)CCCC2)CC1. The molecule has 5 nitrogen and oxygen atoms in total. The van der Waals surface area contributed by atoms with Gasteiger partial charge in [0.25, 0.3) is 0 Å². The fourth-order valence-corrected chi connectivity index (χ4v) is 4.26. The molecule has 30 heavy (non-hydrogen) atoms. The number of rotatable bonds is 6. The highest BCUT2D eigenvalue weighted by Crippen LogP contribution is 2.30. The molecule has 0 atom stereocenters. The third-order valence-corrected chi connectivity index (χ3v) is 5.77. The van der Waals surface area contributed by atoms with E-state index in [0.717, 1.165) is 39.0 Å². The largest absolute Gasteiger partial charge is 0.572 e. The molecule has 1 fully saturated rings. The van der Waals surface area contributed by atoms with Crippen LogP contribution in [-0.2, 0) is 16.0 Å². The molecule has 1 N–H and O–H groups in total. The number of alkyl halides is 3. The molecule has 1 aromatic rings. The van der Waals surface area contributed by atoms with Gasteiger partial charge in [0.1, 0.15) is 5.76 Å². The minimum atomic E-state index is -4.73. The third-order valence-electron chi connectivity index (χ3n) is 5.77. The van der Waals surface area contributed by atoms with Gasteiger partial charge >= 0.3 is 6.36 Å². The summed E-state index contributed by atoms with van der Waals surface area (Å²) >= 11 is 0. The Labute approximate surface area is 175 Å². The van der Waals surface area contributed by atoms with Crippen molar-refractivity contribution >= 4 is 11.6 Å². The summed E-state index contributed by atoms with van der Waals surface area (Å²) in [5.41, 5.74) is 4.16. The normalized spacial score (nSPS) is 18.5. The Kier molecular flexibility index (Phi) is 7.28. The summed E-state index contributed by atoms with van der Waals surface area (Å²) in [5.74, 6) is -0.438. The molecule has 1 heterocycles. The number of allylic oxidation sites excluding steroid dienone is 2. The Hall–Kier alpha value is -2.22. The zero-order chi connectivity index (χ0) is 21.7. The topological polar surface area (TPSA) is 44.8 Å². The van der Waals surface area contributed by atoms with Crippen LogP contribution in [0.3, 0.4) is 0 Å². The lowest BCUT2D eigenvalue weighted by atomic mass is 10.0. The monoisotopic (exact) mass is 425 g/mol. The molecular formula is C22H30F3N3O2. The number of hydrogen-bond acceptors (Lipinski definition) is 4. The molecule has 0 radical (unpaired) electrons. The first-order valence-corrected chi connectivity index (χ1v) is 10.6. The molecule has 166 valence electrons. The highest BCUT2D eigenvalue weighted by atomic mass is 19.4. The van der Waals surface area contributed by atoms with Gasteiger partial charge in [-0.2, -0.15) is 0 Å². The van der Waals surface area contributed by atoms with Gasteiger partial charge in [-0.25, -0.2) is 0 Å². The number of nitrogens with one attached hydrogen (secondary N) is 1. The molecule has 0 aromatic heterocycles. The van der Waals surface area contributed by atoms with Crippen molar-refractivity contribution in [1.29, 1.82) is 0 Å². The fraction of sp³-hybridized carbons (Fsp3) is 0.591. The summed E-state index contributed by atoms with van der Waals surface area (Å²) in [5, 5.41) is 2.67. The molecule has 1 aliphatic carbocycles. The van der Waals surface area contributed by atoms with E-state index >= 15 is 0 Å². The number of nitrogens with zero attached hydrogens (tertiary/aromatic N) is 2. The molecule has 3 rings (SSSR count). The van der Waals surface area contributed by atoms with Crippen LogP contribution in [0.5, 0.6) is 0 Å². The second-order valence-corrected chi connectivity index (χ2v) is 7.89. The van der Waals surface area contributed by atoms with Gasteiger partial charge in [0.05, 0.1) is 12.2 Å². The van der Waals surface area contributed by atoms with Crippen molar-refractivity contribution in [2.45, 2.75) is 52.3 Å². The zero-order valence-electron chi connectivity index (χ0n) is 17.6. The minimum Gasteiger partial charge on any atom is -0.408 e. The van der Waals surface area contributed by atoms with Crippen LogP contribution in [0.25, 0.3) is 0 Å². The smallest absolute Gasteiger partial charge is 0.408 e. The average Bonchev–Trinajstić information content (AvgIpc) is 2.69. The first kappa shape index (κ1) is 22.5. The molecule has 1 saturated heterocycles. The number of carbonyl (C=O) groups is 1. The molecule has 0 spiro atoms. The van der Waals surface area contributed by atoms with Crippen molar-refractivity contribution in [1.82, 2.24) is 10.2 Å². The highest BCUT2D eigenvalue weighted by molar-refractivity contribution is 5.80. The van der Waals surface area contributed by atoms with Gasteiger partial charge < -0.3 is 15.0 Å². The maximum atomic E-state index is 12.6. The molecule has 1 aliphatic heterocycles. The Bertz CT molecular complexity index is 784. The van der Waals surface area contributed by atoms with Crippen molar-refractivity contribution in [2.24, 2.45) is 0 Å². The summed E-state index contributed by atoms with van der Waals surface area (Å²) < 4.78 is 41.9. The molecule has 1 aromatic carbocycles. The molecule has 0 saturated carbocycles. The number of carbonyl (C=O) groups excluding carboxylic acids is 1. The van der Waals surface area contributed by atoms with Gasteiger partial charge in [-0.05, 0) is 49.8 Å². The van der Waals surface area contributed by atoms with Crippen molar-refractivity contribution in [2.75, 3.05) is 37.6 Å². The van der Waals surface area contributed by atoms with Gasteiger partial charge in [-0.3, -0.25) is 9.69 Å². The molecular weight excluding hydrogens is 395 g/mol. The van der Waals surface area contributed by atoms with Crippen molar-refractivity contribution in [3.8, 4) is 0 Å². The first-order valence-electron chi connectivity index (χ1n) is 10.6. The Balaban J connectivity index is 1.55. The number of aryl methyl sites for hydroxylation is 1. The summed E-state index contributed by atoms with van der Waals surface area (Å²) in [6.45, 7) is 7.54. The lowest BCUT2D eigenvalue weighted by Crippen LogP contribution is -2.49. The molecule has 0 bridgehead atoms. The maximum Gasteiger partial charge on any atom is 0.572 e.